The highest BCUT2D eigenvalue weighted by Gasteiger charge is 2.20. The number of carboxylic acid groups (broad SMARTS) is 1. The maximum Gasteiger partial charge on any atom is 0.312 e. The first-order valence-electron chi connectivity index (χ1n) is 8.24. The van der Waals surface area contributed by atoms with Crippen LogP contribution in [0.25, 0.3) is 0 Å². The van der Waals surface area contributed by atoms with E-state index in [1.807, 2.05) is 24.3 Å². The van der Waals surface area contributed by atoms with Gasteiger partial charge in [0.1, 0.15) is 5.75 Å². The van der Waals surface area contributed by atoms with E-state index in [4.69, 9.17) is 4.74 Å². The first-order valence-corrected chi connectivity index (χ1v) is 8.24. The number of amides is 1. The van der Waals surface area contributed by atoms with Crippen molar-refractivity contribution in [3.05, 3.63) is 65.7 Å². The number of carbonyl (C=O) groups excluding carboxylic acids is 1. The van der Waals surface area contributed by atoms with E-state index in [2.05, 4.69) is 19.2 Å². The minimum Gasteiger partial charge on any atom is -0.484 e. The van der Waals surface area contributed by atoms with E-state index in [-0.39, 0.29) is 19.1 Å². The van der Waals surface area contributed by atoms with Crippen LogP contribution in [0.3, 0.4) is 0 Å². The number of ether oxygens (including phenoxy) is 1. The van der Waals surface area contributed by atoms with Crippen molar-refractivity contribution in [1.29, 1.82) is 0 Å². The summed E-state index contributed by atoms with van der Waals surface area (Å²) in [4.78, 5) is 23.4. The molecule has 1 unspecified atom stereocenters. The summed E-state index contributed by atoms with van der Waals surface area (Å²) in [5, 5.41) is 12.0. The highest BCUT2D eigenvalue weighted by molar-refractivity contribution is 5.80. The fraction of sp³-hybridized carbons (Fsp3) is 0.300. The lowest BCUT2D eigenvalue weighted by molar-refractivity contribution is -0.138. The fourth-order valence-corrected chi connectivity index (χ4v) is 2.41. The zero-order valence-corrected chi connectivity index (χ0v) is 14.4. The molecule has 0 fully saturated rings. The molecule has 5 heteroatoms. The average molecular weight is 341 g/mol. The molecule has 0 bridgehead atoms. The maximum absolute atomic E-state index is 12.0. The van der Waals surface area contributed by atoms with Gasteiger partial charge in [-0.2, -0.15) is 0 Å². The van der Waals surface area contributed by atoms with Crippen molar-refractivity contribution >= 4 is 11.9 Å². The third-order valence-corrected chi connectivity index (χ3v) is 3.90. The number of carbonyl (C=O) groups is 2. The second-order valence-electron chi connectivity index (χ2n) is 6.12. The fourth-order valence-electron chi connectivity index (χ4n) is 2.41. The zero-order valence-electron chi connectivity index (χ0n) is 14.4. The zero-order chi connectivity index (χ0) is 18.2. The van der Waals surface area contributed by atoms with E-state index in [9.17, 15) is 14.7 Å². The van der Waals surface area contributed by atoms with Gasteiger partial charge in [-0.05, 0) is 29.2 Å². The Morgan fingerprint density at radius 1 is 1.04 bits per heavy atom. The number of hydrogen-bond acceptors (Lipinski definition) is 3. The summed E-state index contributed by atoms with van der Waals surface area (Å²) in [6.07, 6.45) is 0. The van der Waals surface area contributed by atoms with Gasteiger partial charge in [0.2, 0.25) is 0 Å². The van der Waals surface area contributed by atoms with Gasteiger partial charge in [0.05, 0.1) is 5.92 Å². The molecule has 5 nitrogen and oxygen atoms in total. The molecule has 0 saturated heterocycles. The third kappa shape index (κ3) is 5.64. The molecule has 2 N–H and O–H groups in total. The first kappa shape index (κ1) is 18.5. The molecule has 0 saturated carbocycles. The monoisotopic (exact) mass is 341 g/mol. The molecule has 0 aliphatic carbocycles. The van der Waals surface area contributed by atoms with Crippen molar-refractivity contribution in [3.63, 3.8) is 0 Å². The van der Waals surface area contributed by atoms with Gasteiger partial charge in [0, 0.05) is 6.54 Å². The number of hydrogen-bond donors (Lipinski definition) is 2. The summed E-state index contributed by atoms with van der Waals surface area (Å²) >= 11 is 0. The van der Waals surface area contributed by atoms with E-state index in [0.717, 1.165) is 5.56 Å². The van der Waals surface area contributed by atoms with Crippen molar-refractivity contribution < 1.29 is 19.4 Å². The second-order valence-corrected chi connectivity index (χ2v) is 6.12. The van der Waals surface area contributed by atoms with Crippen LogP contribution in [0.4, 0.5) is 0 Å². The Kier molecular flexibility index (Phi) is 6.57. The van der Waals surface area contributed by atoms with Gasteiger partial charge in [0.15, 0.2) is 6.61 Å². The molecule has 0 heterocycles. The Hall–Kier alpha value is -2.82. The van der Waals surface area contributed by atoms with Gasteiger partial charge >= 0.3 is 5.97 Å². The van der Waals surface area contributed by atoms with E-state index in [1.165, 1.54) is 0 Å². The molecule has 0 aliphatic rings. The minimum atomic E-state index is -0.975. The van der Waals surface area contributed by atoms with Crippen LogP contribution in [0.2, 0.25) is 0 Å². The molecule has 1 amide bonds. The standard InChI is InChI=1S/C20H23NO4/c1-14(2)16-9-6-10-17(11-16)25-13-19(22)21-12-18(20(23)24)15-7-4-3-5-8-15/h3-11,14,18H,12-13H2,1-2H3,(H,21,22)(H,23,24). The predicted molar refractivity (Wildman–Crippen MR) is 95.9 cm³/mol. The second kappa shape index (κ2) is 8.87. The van der Waals surface area contributed by atoms with Crippen LogP contribution in [0.5, 0.6) is 5.75 Å². The summed E-state index contributed by atoms with van der Waals surface area (Å²) in [5.74, 6) is -1.11. The SMILES string of the molecule is CC(C)c1cccc(OCC(=O)NCC(C(=O)O)c2ccccc2)c1. The van der Waals surface area contributed by atoms with Gasteiger partial charge < -0.3 is 15.2 Å². The van der Waals surface area contributed by atoms with Gasteiger partial charge in [-0.3, -0.25) is 9.59 Å². The van der Waals surface area contributed by atoms with Crippen molar-refractivity contribution in [2.24, 2.45) is 0 Å². The molecule has 0 spiro atoms. The largest absolute Gasteiger partial charge is 0.484 e. The van der Waals surface area contributed by atoms with Crippen LogP contribution in [0.15, 0.2) is 54.6 Å². The molecular weight excluding hydrogens is 318 g/mol. The molecule has 2 rings (SSSR count). The Balaban J connectivity index is 1.87. The van der Waals surface area contributed by atoms with E-state index in [0.29, 0.717) is 17.2 Å². The molecule has 1 atom stereocenters. The lowest BCUT2D eigenvalue weighted by Crippen LogP contribution is -2.34. The molecule has 25 heavy (non-hydrogen) atoms. The van der Waals surface area contributed by atoms with E-state index >= 15 is 0 Å². The van der Waals surface area contributed by atoms with Gasteiger partial charge in [-0.15, -0.1) is 0 Å². The molecule has 2 aromatic rings. The van der Waals surface area contributed by atoms with Crippen LogP contribution < -0.4 is 10.1 Å². The van der Waals surface area contributed by atoms with Crippen molar-refractivity contribution in [1.82, 2.24) is 5.32 Å². The molecule has 0 aliphatic heterocycles. The molecule has 2 aromatic carbocycles. The maximum atomic E-state index is 12.0. The summed E-state index contributed by atoms with van der Waals surface area (Å²) in [7, 11) is 0. The summed E-state index contributed by atoms with van der Waals surface area (Å²) in [6.45, 7) is 4.04. The quantitative estimate of drug-likeness (QED) is 0.773. The van der Waals surface area contributed by atoms with Gasteiger partial charge in [-0.1, -0.05) is 56.3 Å². The van der Waals surface area contributed by atoms with Crippen LogP contribution in [0, 0.1) is 0 Å². The Bertz CT molecular complexity index is 713. The highest BCUT2D eigenvalue weighted by atomic mass is 16.5. The topological polar surface area (TPSA) is 75.6 Å². The lowest BCUT2D eigenvalue weighted by atomic mass is 9.99. The number of rotatable bonds is 8. The average Bonchev–Trinajstić information content (AvgIpc) is 2.61. The number of aliphatic carboxylic acids is 1. The summed E-state index contributed by atoms with van der Waals surface area (Å²) in [6, 6.07) is 16.4. The Morgan fingerprint density at radius 2 is 1.72 bits per heavy atom. The van der Waals surface area contributed by atoms with E-state index in [1.54, 1.807) is 30.3 Å². The summed E-state index contributed by atoms with van der Waals surface area (Å²) in [5.41, 5.74) is 1.79. The molecular formula is C20H23NO4. The molecule has 132 valence electrons. The van der Waals surface area contributed by atoms with Crippen molar-refractivity contribution in [2.75, 3.05) is 13.2 Å². The first-order chi connectivity index (χ1) is 12.0. The van der Waals surface area contributed by atoms with Crippen molar-refractivity contribution in [2.45, 2.75) is 25.7 Å². The third-order valence-electron chi connectivity index (χ3n) is 3.90. The predicted octanol–water partition coefficient (Wildman–Crippen LogP) is 3.17. The van der Waals surface area contributed by atoms with E-state index < -0.39 is 11.9 Å². The highest BCUT2D eigenvalue weighted by Crippen LogP contribution is 2.20. The molecule has 0 aromatic heterocycles. The Labute approximate surface area is 147 Å². The van der Waals surface area contributed by atoms with Crippen LogP contribution in [-0.2, 0) is 9.59 Å². The molecule has 0 radical (unpaired) electrons. The van der Waals surface area contributed by atoms with Crippen LogP contribution >= 0.6 is 0 Å². The number of carboxylic acids is 1. The minimum absolute atomic E-state index is 0.0214. The van der Waals surface area contributed by atoms with Crippen LogP contribution in [-0.4, -0.2) is 30.1 Å². The summed E-state index contributed by atoms with van der Waals surface area (Å²) < 4.78 is 5.50. The van der Waals surface area contributed by atoms with Gasteiger partial charge in [-0.25, -0.2) is 0 Å². The Morgan fingerprint density at radius 3 is 2.36 bits per heavy atom. The lowest BCUT2D eigenvalue weighted by Gasteiger charge is -2.14. The van der Waals surface area contributed by atoms with Gasteiger partial charge in [0.25, 0.3) is 5.91 Å². The number of benzene rings is 2. The number of nitrogens with one attached hydrogen (secondary N) is 1. The smallest absolute Gasteiger partial charge is 0.312 e. The van der Waals surface area contributed by atoms with Crippen molar-refractivity contribution in [3.8, 4) is 5.75 Å². The normalized spacial score (nSPS) is 11.8. The van der Waals surface area contributed by atoms with Crippen LogP contribution in [0.1, 0.15) is 36.8 Å².